The molecule has 2 heterocycles. The SMILES string of the molecule is NC(c1ccc(C(F)(F)F)cc1)C1CN2CCCC2CO1. The number of benzene rings is 1. The molecule has 0 radical (unpaired) electrons. The zero-order valence-corrected chi connectivity index (χ0v) is 11.6. The summed E-state index contributed by atoms with van der Waals surface area (Å²) in [5.41, 5.74) is 6.21. The molecule has 0 amide bonds. The van der Waals surface area contributed by atoms with Crippen molar-refractivity contribution in [3.05, 3.63) is 35.4 Å². The Kier molecular flexibility index (Phi) is 3.94. The van der Waals surface area contributed by atoms with Gasteiger partial charge in [0.2, 0.25) is 0 Å². The van der Waals surface area contributed by atoms with Gasteiger partial charge in [0.15, 0.2) is 0 Å². The molecule has 3 rings (SSSR count). The number of halogens is 3. The molecule has 21 heavy (non-hydrogen) atoms. The summed E-state index contributed by atoms with van der Waals surface area (Å²) >= 11 is 0. The largest absolute Gasteiger partial charge is 0.416 e. The van der Waals surface area contributed by atoms with Crippen molar-refractivity contribution in [3.8, 4) is 0 Å². The van der Waals surface area contributed by atoms with Crippen LogP contribution in [0.15, 0.2) is 24.3 Å². The summed E-state index contributed by atoms with van der Waals surface area (Å²) in [4.78, 5) is 2.37. The minimum absolute atomic E-state index is 0.156. The molecule has 2 aliphatic heterocycles. The van der Waals surface area contributed by atoms with Crippen LogP contribution in [0.1, 0.15) is 30.0 Å². The van der Waals surface area contributed by atoms with Crippen LogP contribution in [0, 0.1) is 0 Å². The van der Waals surface area contributed by atoms with Crippen molar-refractivity contribution < 1.29 is 17.9 Å². The maximum absolute atomic E-state index is 12.6. The van der Waals surface area contributed by atoms with Gasteiger partial charge in [-0.15, -0.1) is 0 Å². The van der Waals surface area contributed by atoms with E-state index in [-0.39, 0.29) is 6.10 Å². The third-order valence-corrected chi connectivity index (χ3v) is 4.44. The van der Waals surface area contributed by atoms with E-state index in [1.165, 1.54) is 18.6 Å². The van der Waals surface area contributed by atoms with Crippen molar-refractivity contribution in [2.75, 3.05) is 19.7 Å². The van der Waals surface area contributed by atoms with Crippen molar-refractivity contribution >= 4 is 0 Å². The maximum Gasteiger partial charge on any atom is 0.416 e. The highest BCUT2D eigenvalue weighted by Crippen LogP contribution is 2.31. The molecule has 3 nitrogen and oxygen atoms in total. The Labute approximate surface area is 121 Å². The van der Waals surface area contributed by atoms with Crippen molar-refractivity contribution in [2.24, 2.45) is 5.73 Å². The van der Waals surface area contributed by atoms with E-state index in [0.717, 1.165) is 31.6 Å². The minimum atomic E-state index is -4.31. The van der Waals surface area contributed by atoms with Crippen LogP contribution in [0.3, 0.4) is 0 Å². The molecule has 0 aromatic heterocycles. The lowest BCUT2D eigenvalue weighted by atomic mass is 9.99. The summed E-state index contributed by atoms with van der Waals surface area (Å²) in [6.45, 7) is 2.48. The second kappa shape index (κ2) is 5.59. The zero-order valence-electron chi connectivity index (χ0n) is 11.6. The quantitative estimate of drug-likeness (QED) is 0.912. The molecule has 2 saturated heterocycles. The van der Waals surface area contributed by atoms with E-state index < -0.39 is 17.8 Å². The fourth-order valence-electron chi connectivity index (χ4n) is 3.17. The standard InChI is InChI=1S/C15H19F3N2O/c16-15(17,18)11-5-3-10(4-6-11)14(19)13-8-20-7-1-2-12(20)9-21-13/h3-6,12-14H,1-2,7-9,19H2. The van der Waals surface area contributed by atoms with Crippen LogP contribution in [0.25, 0.3) is 0 Å². The predicted octanol–water partition coefficient (Wildman–Crippen LogP) is 2.57. The van der Waals surface area contributed by atoms with Gasteiger partial charge in [-0.25, -0.2) is 0 Å². The first-order valence-electron chi connectivity index (χ1n) is 7.23. The first kappa shape index (κ1) is 14.8. The van der Waals surface area contributed by atoms with E-state index >= 15 is 0 Å². The van der Waals surface area contributed by atoms with E-state index in [2.05, 4.69) is 4.90 Å². The minimum Gasteiger partial charge on any atom is -0.373 e. The molecule has 2 aliphatic rings. The van der Waals surface area contributed by atoms with Crippen LogP contribution in [0.4, 0.5) is 13.2 Å². The average Bonchev–Trinajstić information content (AvgIpc) is 2.93. The van der Waals surface area contributed by atoms with E-state index in [4.69, 9.17) is 10.5 Å². The highest BCUT2D eigenvalue weighted by Gasteiger charge is 2.35. The van der Waals surface area contributed by atoms with Crippen LogP contribution in [0.5, 0.6) is 0 Å². The number of fused-ring (bicyclic) bond motifs is 1. The summed E-state index contributed by atoms with van der Waals surface area (Å²) in [6, 6.07) is 5.16. The molecule has 0 saturated carbocycles. The lowest BCUT2D eigenvalue weighted by molar-refractivity contribution is -0.137. The number of rotatable bonds is 2. The molecule has 2 N–H and O–H groups in total. The van der Waals surface area contributed by atoms with Crippen molar-refractivity contribution in [1.82, 2.24) is 4.90 Å². The Bertz CT molecular complexity index is 489. The van der Waals surface area contributed by atoms with Gasteiger partial charge >= 0.3 is 6.18 Å². The lowest BCUT2D eigenvalue weighted by Crippen LogP contribution is -2.49. The van der Waals surface area contributed by atoms with Crippen molar-refractivity contribution in [2.45, 2.75) is 37.2 Å². The average molecular weight is 300 g/mol. The van der Waals surface area contributed by atoms with Crippen LogP contribution in [-0.2, 0) is 10.9 Å². The molecule has 3 atom stereocenters. The van der Waals surface area contributed by atoms with E-state index in [0.29, 0.717) is 18.2 Å². The monoisotopic (exact) mass is 300 g/mol. The molecule has 0 aliphatic carbocycles. The Morgan fingerprint density at radius 1 is 1.24 bits per heavy atom. The highest BCUT2D eigenvalue weighted by atomic mass is 19.4. The highest BCUT2D eigenvalue weighted by molar-refractivity contribution is 5.27. The molecule has 1 aromatic carbocycles. The van der Waals surface area contributed by atoms with Gasteiger partial charge in [-0.05, 0) is 37.1 Å². The Morgan fingerprint density at radius 3 is 2.62 bits per heavy atom. The zero-order chi connectivity index (χ0) is 15.0. The third-order valence-electron chi connectivity index (χ3n) is 4.44. The van der Waals surface area contributed by atoms with Gasteiger partial charge in [-0.2, -0.15) is 13.2 Å². The molecule has 116 valence electrons. The van der Waals surface area contributed by atoms with Gasteiger partial charge < -0.3 is 10.5 Å². The van der Waals surface area contributed by atoms with Gasteiger partial charge in [0.25, 0.3) is 0 Å². The van der Waals surface area contributed by atoms with Crippen molar-refractivity contribution in [3.63, 3.8) is 0 Å². The third kappa shape index (κ3) is 3.07. The van der Waals surface area contributed by atoms with Gasteiger partial charge in [-0.3, -0.25) is 4.90 Å². The fraction of sp³-hybridized carbons (Fsp3) is 0.600. The number of ether oxygens (including phenoxy) is 1. The summed E-state index contributed by atoms with van der Waals surface area (Å²) in [6.07, 6.45) is -2.14. The Morgan fingerprint density at radius 2 is 1.95 bits per heavy atom. The van der Waals surface area contributed by atoms with Gasteiger partial charge in [0.1, 0.15) is 0 Å². The molecule has 1 aromatic rings. The second-order valence-electron chi connectivity index (χ2n) is 5.81. The summed E-state index contributed by atoms with van der Waals surface area (Å²) < 4.78 is 43.5. The van der Waals surface area contributed by atoms with E-state index in [9.17, 15) is 13.2 Å². The molecule has 2 fully saturated rings. The number of alkyl halides is 3. The van der Waals surface area contributed by atoms with E-state index in [1.807, 2.05) is 0 Å². The van der Waals surface area contributed by atoms with Gasteiger partial charge in [-0.1, -0.05) is 12.1 Å². The Balaban J connectivity index is 1.69. The molecular formula is C15H19F3N2O. The lowest BCUT2D eigenvalue weighted by Gasteiger charge is -2.37. The molecular weight excluding hydrogens is 281 g/mol. The van der Waals surface area contributed by atoms with Gasteiger partial charge in [0.05, 0.1) is 24.3 Å². The molecule has 6 heteroatoms. The Hall–Kier alpha value is -1.11. The number of morpholine rings is 1. The fourth-order valence-corrected chi connectivity index (χ4v) is 3.17. The number of hydrogen-bond donors (Lipinski definition) is 1. The summed E-state index contributed by atoms with van der Waals surface area (Å²) in [5.74, 6) is 0. The smallest absolute Gasteiger partial charge is 0.373 e. The summed E-state index contributed by atoms with van der Waals surface area (Å²) in [5, 5.41) is 0. The van der Waals surface area contributed by atoms with E-state index in [1.54, 1.807) is 0 Å². The molecule has 3 unspecified atom stereocenters. The molecule has 0 bridgehead atoms. The first-order chi connectivity index (χ1) is 9.95. The second-order valence-corrected chi connectivity index (χ2v) is 5.81. The van der Waals surface area contributed by atoms with Crippen LogP contribution in [0.2, 0.25) is 0 Å². The molecule has 0 spiro atoms. The summed E-state index contributed by atoms with van der Waals surface area (Å²) in [7, 11) is 0. The normalized spacial score (nSPS) is 28.4. The van der Waals surface area contributed by atoms with Crippen molar-refractivity contribution in [1.29, 1.82) is 0 Å². The van der Waals surface area contributed by atoms with Crippen LogP contribution >= 0.6 is 0 Å². The predicted molar refractivity (Wildman–Crippen MR) is 72.7 cm³/mol. The number of nitrogens with two attached hydrogens (primary N) is 1. The number of hydrogen-bond acceptors (Lipinski definition) is 3. The maximum atomic E-state index is 12.6. The van der Waals surface area contributed by atoms with Crippen LogP contribution < -0.4 is 5.73 Å². The first-order valence-corrected chi connectivity index (χ1v) is 7.23. The number of nitrogens with zero attached hydrogens (tertiary/aromatic N) is 1. The topological polar surface area (TPSA) is 38.5 Å². The van der Waals surface area contributed by atoms with Gasteiger partial charge in [0, 0.05) is 12.6 Å². The van der Waals surface area contributed by atoms with Crippen LogP contribution in [-0.4, -0.2) is 36.7 Å².